The topological polar surface area (TPSA) is 0 Å². The van der Waals surface area contributed by atoms with E-state index in [2.05, 4.69) is 85.9 Å². The lowest BCUT2D eigenvalue weighted by Gasteiger charge is -2.31. The van der Waals surface area contributed by atoms with Crippen LogP contribution in [0.5, 0.6) is 0 Å². The fourth-order valence-electron chi connectivity index (χ4n) is 3.96. The molecule has 0 radical (unpaired) electrons. The number of allylic oxidation sites excluding steroid dienone is 3. The van der Waals surface area contributed by atoms with Gasteiger partial charge in [0.15, 0.2) is 0 Å². The Balaban J connectivity index is 1.81. The van der Waals surface area contributed by atoms with Crippen LogP contribution in [-0.4, -0.2) is 15.6 Å². The summed E-state index contributed by atoms with van der Waals surface area (Å²) in [5.41, 5.74) is 2.75. The molecule has 1 aromatic carbocycles. The Kier molecular flexibility index (Phi) is 13.8. The average Bonchev–Trinajstić information content (AvgIpc) is 2.79. The van der Waals surface area contributed by atoms with Crippen LogP contribution in [0.4, 0.5) is 0 Å². The van der Waals surface area contributed by atoms with E-state index < -0.39 is 0 Å². The first-order valence-electron chi connectivity index (χ1n) is 12.5. The minimum atomic E-state index is 0.255. The molecule has 0 nitrogen and oxygen atoms in total. The standard InChI is InChI=1S/C28H44S2/c1-3-5-7-9-11-16-24-29-28(30-25-17-12-10-8-6-4-2)22-20-27(21-23-28)26-18-14-13-15-19-26/h13-15,18-22H,3-12,16-17,23-25H2,1-2H3. The second-order valence-corrected chi connectivity index (χ2v) is 11.7. The summed E-state index contributed by atoms with van der Waals surface area (Å²) in [7, 11) is 0. The smallest absolute Gasteiger partial charge is 0.0829 e. The van der Waals surface area contributed by atoms with Crippen molar-refractivity contribution >= 4 is 29.1 Å². The molecule has 2 rings (SSSR count). The van der Waals surface area contributed by atoms with Gasteiger partial charge in [-0.3, -0.25) is 0 Å². The molecule has 0 fully saturated rings. The molecular weight excluding hydrogens is 400 g/mol. The van der Waals surface area contributed by atoms with Crippen LogP contribution in [0, 0.1) is 0 Å². The molecular formula is C28H44S2. The zero-order valence-electron chi connectivity index (χ0n) is 19.5. The van der Waals surface area contributed by atoms with Crippen molar-refractivity contribution in [2.24, 2.45) is 0 Å². The summed E-state index contributed by atoms with van der Waals surface area (Å²) >= 11 is 4.42. The lowest BCUT2D eigenvalue weighted by Crippen LogP contribution is -2.20. The highest BCUT2D eigenvalue weighted by Crippen LogP contribution is 2.46. The van der Waals surface area contributed by atoms with E-state index in [-0.39, 0.29) is 4.08 Å². The van der Waals surface area contributed by atoms with E-state index >= 15 is 0 Å². The fourth-order valence-corrected chi connectivity index (χ4v) is 6.91. The van der Waals surface area contributed by atoms with Gasteiger partial charge < -0.3 is 0 Å². The summed E-state index contributed by atoms with van der Waals surface area (Å²) in [6.45, 7) is 4.60. The minimum Gasteiger partial charge on any atom is -0.140 e. The van der Waals surface area contributed by atoms with Crippen LogP contribution in [0.2, 0.25) is 0 Å². The third kappa shape index (κ3) is 10.1. The Morgan fingerprint density at radius 2 is 1.23 bits per heavy atom. The van der Waals surface area contributed by atoms with E-state index in [9.17, 15) is 0 Å². The van der Waals surface area contributed by atoms with E-state index in [0.717, 1.165) is 6.42 Å². The van der Waals surface area contributed by atoms with Gasteiger partial charge >= 0.3 is 0 Å². The maximum Gasteiger partial charge on any atom is 0.0829 e. The van der Waals surface area contributed by atoms with Crippen LogP contribution in [0.3, 0.4) is 0 Å². The maximum absolute atomic E-state index is 2.53. The third-order valence-corrected chi connectivity index (χ3v) is 9.19. The summed E-state index contributed by atoms with van der Waals surface area (Å²) in [5, 5.41) is 0. The number of thioether (sulfide) groups is 2. The van der Waals surface area contributed by atoms with E-state index in [1.54, 1.807) is 0 Å². The van der Waals surface area contributed by atoms with Gasteiger partial charge in [0, 0.05) is 0 Å². The molecule has 1 aliphatic rings. The molecule has 0 N–H and O–H groups in total. The Bertz CT molecular complexity index is 584. The van der Waals surface area contributed by atoms with Gasteiger partial charge in [-0.2, -0.15) is 0 Å². The Labute approximate surface area is 195 Å². The first kappa shape index (κ1) is 25.7. The maximum atomic E-state index is 2.53. The van der Waals surface area contributed by atoms with Gasteiger partial charge in [-0.25, -0.2) is 0 Å². The zero-order valence-corrected chi connectivity index (χ0v) is 21.2. The van der Waals surface area contributed by atoms with E-state index in [1.807, 2.05) is 0 Å². The number of hydrogen-bond acceptors (Lipinski definition) is 2. The van der Waals surface area contributed by atoms with Gasteiger partial charge in [-0.1, -0.05) is 127 Å². The van der Waals surface area contributed by atoms with Gasteiger partial charge in [0.2, 0.25) is 0 Å². The molecule has 0 spiro atoms. The molecule has 30 heavy (non-hydrogen) atoms. The van der Waals surface area contributed by atoms with Crippen molar-refractivity contribution in [2.45, 2.75) is 101 Å². The predicted molar refractivity (Wildman–Crippen MR) is 143 cm³/mol. The molecule has 0 aromatic heterocycles. The summed E-state index contributed by atoms with van der Waals surface area (Å²) in [6, 6.07) is 10.9. The molecule has 0 heterocycles. The van der Waals surface area contributed by atoms with Crippen molar-refractivity contribution in [1.29, 1.82) is 0 Å². The van der Waals surface area contributed by atoms with Gasteiger partial charge in [-0.15, -0.1) is 23.5 Å². The van der Waals surface area contributed by atoms with Crippen molar-refractivity contribution in [2.75, 3.05) is 11.5 Å². The van der Waals surface area contributed by atoms with Gasteiger partial charge in [0.25, 0.3) is 0 Å². The minimum absolute atomic E-state index is 0.255. The molecule has 2 heteroatoms. The van der Waals surface area contributed by atoms with E-state index in [1.165, 1.54) is 99.7 Å². The van der Waals surface area contributed by atoms with E-state index in [4.69, 9.17) is 0 Å². The molecule has 168 valence electrons. The summed E-state index contributed by atoms with van der Waals surface area (Å²) in [4.78, 5) is 0. The van der Waals surface area contributed by atoms with Crippen molar-refractivity contribution in [3.63, 3.8) is 0 Å². The molecule has 0 aliphatic heterocycles. The quantitative estimate of drug-likeness (QED) is 0.173. The number of unbranched alkanes of at least 4 members (excludes halogenated alkanes) is 10. The second kappa shape index (κ2) is 16.1. The highest BCUT2D eigenvalue weighted by Gasteiger charge is 2.29. The number of benzene rings is 1. The Morgan fingerprint density at radius 1 is 0.700 bits per heavy atom. The highest BCUT2D eigenvalue weighted by molar-refractivity contribution is 8.18. The van der Waals surface area contributed by atoms with Gasteiger partial charge in [0.05, 0.1) is 4.08 Å². The molecule has 0 atom stereocenters. The highest BCUT2D eigenvalue weighted by atomic mass is 32.2. The molecule has 0 unspecified atom stereocenters. The molecule has 1 aliphatic carbocycles. The third-order valence-electron chi connectivity index (χ3n) is 5.92. The van der Waals surface area contributed by atoms with Crippen molar-refractivity contribution in [3.05, 3.63) is 54.1 Å². The van der Waals surface area contributed by atoms with Gasteiger partial charge in [0.1, 0.15) is 0 Å². The molecule has 0 saturated carbocycles. The van der Waals surface area contributed by atoms with Crippen LogP contribution in [0.15, 0.2) is 48.6 Å². The van der Waals surface area contributed by atoms with Crippen LogP contribution < -0.4 is 0 Å². The monoisotopic (exact) mass is 444 g/mol. The van der Waals surface area contributed by atoms with Crippen LogP contribution in [-0.2, 0) is 0 Å². The van der Waals surface area contributed by atoms with Crippen LogP contribution in [0.25, 0.3) is 5.57 Å². The summed E-state index contributed by atoms with van der Waals surface area (Å²) in [6.07, 6.45) is 25.3. The van der Waals surface area contributed by atoms with E-state index in [0.29, 0.717) is 0 Å². The lowest BCUT2D eigenvalue weighted by atomic mass is 9.99. The zero-order chi connectivity index (χ0) is 21.3. The fraction of sp³-hybridized carbons (Fsp3) is 0.643. The second-order valence-electron chi connectivity index (χ2n) is 8.61. The predicted octanol–water partition coefficient (Wildman–Crippen LogP) is 9.91. The van der Waals surface area contributed by atoms with Crippen molar-refractivity contribution < 1.29 is 0 Å². The van der Waals surface area contributed by atoms with Crippen molar-refractivity contribution in [1.82, 2.24) is 0 Å². The molecule has 0 amide bonds. The Hall–Kier alpha value is -0.600. The van der Waals surface area contributed by atoms with Gasteiger partial charge in [-0.05, 0) is 41.9 Å². The largest absolute Gasteiger partial charge is 0.140 e. The number of hydrogen-bond donors (Lipinski definition) is 0. The molecule has 0 saturated heterocycles. The summed E-state index contributed by atoms with van der Waals surface area (Å²) in [5.74, 6) is 2.60. The normalized spacial score (nSPS) is 15.3. The Morgan fingerprint density at radius 3 is 1.73 bits per heavy atom. The number of rotatable bonds is 17. The molecule has 1 aromatic rings. The first-order valence-corrected chi connectivity index (χ1v) is 14.5. The van der Waals surface area contributed by atoms with Crippen LogP contribution >= 0.6 is 23.5 Å². The first-order chi connectivity index (χ1) is 14.8. The lowest BCUT2D eigenvalue weighted by molar-refractivity contribution is 0.626. The SMILES string of the molecule is CCCCCCCCSC1(SCCCCCCCC)C=CC(c2ccccc2)=CC1. The summed E-state index contributed by atoms with van der Waals surface area (Å²) < 4.78 is 0.255. The average molecular weight is 445 g/mol. The van der Waals surface area contributed by atoms with Crippen molar-refractivity contribution in [3.8, 4) is 0 Å². The molecule has 0 bridgehead atoms. The van der Waals surface area contributed by atoms with Crippen LogP contribution in [0.1, 0.15) is 103 Å².